The van der Waals surface area contributed by atoms with E-state index in [2.05, 4.69) is 10.1 Å². The van der Waals surface area contributed by atoms with Crippen molar-refractivity contribution in [2.24, 2.45) is 0 Å². The summed E-state index contributed by atoms with van der Waals surface area (Å²) in [7, 11) is 1.40. The minimum atomic E-state index is -1.13. The number of fused-ring (bicyclic) bond motifs is 2. The Hall–Kier alpha value is -2.48. The Balaban J connectivity index is 1.80. The lowest BCUT2D eigenvalue weighted by Crippen LogP contribution is -1.86. The fourth-order valence-corrected chi connectivity index (χ4v) is 3.13. The summed E-state index contributed by atoms with van der Waals surface area (Å²) >= 11 is 1.18. The highest BCUT2D eigenvalue weighted by Gasteiger charge is 2.17. The van der Waals surface area contributed by atoms with Crippen LogP contribution in [0.3, 0.4) is 0 Å². The molecule has 3 heterocycles. The van der Waals surface area contributed by atoms with Crippen molar-refractivity contribution in [2.75, 3.05) is 7.11 Å². The Morgan fingerprint density at radius 2 is 2.17 bits per heavy atom. The first-order valence-corrected chi connectivity index (χ1v) is 7.64. The summed E-state index contributed by atoms with van der Waals surface area (Å²) in [6.07, 6.45) is 0.523. The van der Waals surface area contributed by atoms with Gasteiger partial charge in [0.15, 0.2) is 28.5 Å². The van der Waals surface area contributed by atoms with Crippen molar-refractivity contribution in [1.82, 2.24) is 14.6 Å². The number of benzene rings is 1. The van der Waals surface area contributed by atoms with Crippen molar-refractivity contribution in [3.8, 4) is 17.2 Å². The van der Waals surface area contributed by atoms with Gasteiger partial charge >= 0.3 is 0 Å². The topological polar surface area (TPSA) is 52.6 Å². The fraction of sp³-hybridized carbons (Fsp3) is 0.200. The minimum absolute atomic E-state index is 0.118. The molecule has 0 N–H and O–H groups in total. The first kappa shape index (κ1) is 14.1. The van der Waals surface area contributed by atoms with E-state index in [-0.39, 0.29) is 5.75 Å². The summed E-state index contributed by atoms with van der Waals surface area (Å²) in [6, 6.07) is 4.54. The Labute approximate surface area is 133 Å². The highest BCUT2D eigenvalue weighted by atomic mass is 32.1. The normalized spacial score (nSPS) is 13.0. The number of hydrogen-bond acceptors (Lipinski definition) is 5. The average molecular weight is 335 g/mol. The molecular weight excluding hydrogens is 324 g/mol. The van der Waals surface area contributed by atoms with E-state index >= 15 is 0 Å². The summed E-state index contributed by atoms with van der Waals surface area (Å²) < 4.78 is 39.2. The molecule has 4 aromatic rings. The molecule has 0 aliphatic carbocycles. The molecular formula is C15H11F2N3O2S. The average Bonchev–Trinajstić information content (AvgIpc) is 3.17. The van der Waals surface area contributed by atoms with Gasteiger partial charge in [-0.25, -0.2) is 18.3 Å². The molecule has 3 aromatic heterocycles. The number of hydrogen-bond donors (Lipinski definition) is 0. The molecule has 8 heteroatoms. The van der Waals surface area contributed by atoms with Gasteiger partial charge in [-0.2, -0.15) is 5.10 Å². The molecule has 0 amide bonds. The third-order valence-corrected chi connectivity index (χ3v) is 4.52. The number of alkyl halides is 1. The zero-order valence-corrected chi connectivity index (χ0v) is 13.0. The fourth-order valence-electron chi connectivity index (χ4n) is 2.32. The monoisotopic (exact) mass is 335 g/mol. The Morgan fingerprint density at radius 1 is 1.35 bits per heavy atom. The third kappa shape index (κ3) is 2.26. The van der Waals surface area contributed by atoms with Gasteiger partial charge in [-0.15, -0.1) is 0 Å². The molecule has 0 aliphatic rings. The summed E-state index contributed by atoms with van der Waals surface area (Å²) in [5.74, 6) is 0.147. The molecule has 0 aliphatic heterocycles. The molecule has 0 fully saturated rings. The van der Waals surface area contributed by atoms with E-state index < -0.39 is 12.0 Å². The molecule has 5 nitrogen and oxygen atoms in total. The molecule has 0 saturated heterocycles. The molecule has 0 bridgehead atoms. The van der Waals surface area contributed by atoms with E-state index in [1.807, 2.05) is 0 Å². The lowest BCUT2D eigenvalue weighted by Gasteiger charge is -1.99. The van der Waals surface area contributed by atoms with Crippen LogP contribution >= 0.6 is 11.3 Å². The van der Waals surface area contributed by atoms with Gasteiger partial charge in [0.25, 0.3) is 0 Å². The SMILES string of the molecule is COc1cc2oc(-c3cn4nc([C@H](C)F)sc4n3)cc2cc1F. The van der Waals surface area contributed by atoms with E-state index in [9.17, 15) is 8.78 Å². The second-order valence-corrected chi connectivity index (χ2v) is 6.03. The van der Waals surface area contributed by atoms with Crippen LogP contribution in [0.5, 0.6) is 5.75 Å². The number of imidazole rings is 1. The molecule has 0 unspecified atom stereocenters. The standard InChI is InChI=1S/C15H11F2N3O2S/c1-7(16)14-19-20-6-10(18-15(20)23-14)13-4-8-3-9(17)12(21-2)5-11(8)22-13/h3-7H,1-2H3/t7-/m0/s1. The lowest BCUT2D eigenvalue weighted by molar-refractivity contribution is 0.370. The van der Waals surface area contributed by atoms with E-state index in [1.54, 1.807) is 12.3 Å². The van der Waals surface area contributed by atoms with Gasteiger partial charge in [0.2, 0.25) is 4.96 Å². The number of nitrogens with zero attached hydrogens (tertiary/aromatic N) is 3. The smallest absolute Gasteiger partial charge is 0.212 e. The number of halogens is 2. The van der Waals surface area contributed by atoms with Crippen LogP contribution in [-0.4, -0.2) is 21.7 Å². The van der Waals surface area contributed by atoms with Crippen molar-refractivity contribution in [1.29, 1.82) is 0 Å². The predicted octanol–water partition coefficient (Wildman–Crippen LogP) is 4.38. The maximum absolute atomic E-state index is 13.7. The summed E-state index contributed by atoms with van der Waals surface area (Å²) in [5, 5.41) is 5.11. The van der Waals surface area contributed by atoms with Crippen molar-refractivity contribution < 1.29 is 17.9 Å². The summed E-state index contributed by atoms with van der Waals surface area (Å²) in [6.45, 7) is 1.43. The molecule has 4 rings (SSSR count). The maximum Gasteiger partial charge on any atom is 0.212 e. The maximum atomic E-state index is 13.7. The van der Waals surface area contributed by atoms with Gasteiger partial charge in [-0.05, 0) is 19.1 Å². The van der Waals surface area contributed by atoms with Gasteiger partial charge in [-0.3, -0.25) is 0 Å². The second kappa shape index (κ2) is 5.02. The molecule has 1 atom stereocenters. The van der Waals surface area contributed by atoms with Crippen LogP contribution in [-0.2, 0) is 0 Å². The van der Waals surface area contributed by atoms with Gasteiger partial charge in [-0.1, -0.05) is 11.3 Å². The van der Waals surface area contributed by atoms with Gasteiger partial charge in [0.1, 0.15) is 11.3 Å². The van der Waals surface area contributed by atoms with Crippen molar-refractivity contribution in [3.05, 3.63) is 35.2 Å². The highest BCUT2D eigenvalue weighted by Crippen LogP contribution is 2.32. The Morgan fingerprint density at radius 3 is 2.87 bits per heavy atom. The molecule has 0 spiro atoms. The van der Waals surface area contributed by atoms with Gasteiger partial charge in [0, 0.05) is 11.5 Å². The quantitative estimate of drug-likeness (QED) is 0.557. The Bertz CT molecular complexity index is 987. The molecule has 1 aromatic carbocycles. The first-order chi connectivity index (χ1) is 11.0. The zero-order chi connectivity index (χ0) is 16.1. The van der Waals surface area contributed by atoms with Crippen molar-refractivity contribution >= 4 is 27.3 Å². The molecule has 0 saturated carbocycles. The number of aromatic nitrogens is 3. The summed E-state index contributed by atoms with van der Waals surface area (Å²) in [4.78, 5) is 4.95. The van der Waals surface area contributed by atoms with E-state index in [0.29, 0.717) is 32.4 Å². The van der Waals surface area contributed by atoms with Crippen LogP contribution in [0.15, 0.2) is 28.8 Å². The van der Waals surface area contributed by atoms with Crippen LogP contribution in [0.25, 0.3) is 27.4 Å². The third-order valence-electron chi connectivity index (χ3n) is 3.44. The van der Waals surface area contributed by atoms with Crippen molar-refractivity contribution in [3.63, 3.8) is 0 Å². The second-order valence-electron chi connectivity index (χ2n) is 5.04. The first-order valence-electron chi connectivity index (χ1n) is 6.83. The van der Waals surface area contributed by atoms with E-state index in [1.165, 1.54) is 42.0 Å². The predicted molar refractivity (Wildman–Crippen MR) is 82.1 cm³/mol. The van der Waals surface area contributed by atoms with Crippen molar-refractivity contribution in [2.45, 2.75) is 13.1 Å². The number of methoxy groups -OCH3 is 1. The molecule has 0 radical (unpaired) electrons. The van der Waals surface area contributed by atoms with E-state index in [0.717, 1.165) is 0 Å². The highest BCUT2D eigenvalue weighted by molar-refractivity contribution is 7.16. The number of ether oxygens (including phenoxy) is 1. The van der Waals surface area contributed by atoms with Crippen LogP contribution < -0.4 is 4.74 Å². The van der Waals surface area contributed by atoms with E-state index in [4.69, 9.17) is 9.15 Å². The molecule has 23 heavy (non-hydrogen) atoms. The lowest BCUT2D eigenvalue weighted by atomic mass is 10.2. The molecule has 118 valence electrons. The zero-order valence-electron chi connectivity index (χ0n) is 12.2. The number of furan rings is 1. The number of rotatable bonds is 3. The van der Waals surface area contributed by atoms with Crippen LogP contribution in [0.2, 0.25) is 0 Å². The summed E-state index contributed by atoms with van der Waals surface area (Å²) in [5.41, 5.74) is 1.05. The van der Waals surface area contributed by atoms with Gasteiger partial charge in [0.05, 0.1) is 13.3 Å². The van der Waals surface area contributed by atoms with Crippen LogP contribution in [0.4, 0.5) is 8.78 Å². The largest absolute Gasteiger partial charge is 0.494 e. The van der Waals surface area contributed by atoms with Crippen LogP contribution in [0, 0.1) is 5.82 Å². The van der Waals surface area contributed by atoms with Crippen LogP contribution in [0.1, 0.15) is 18.1 Å². The van der Waals surface area contributed by atoms with Gasteiger partial charge < -0.3 is 9.15 Å². The minimum Gasteiger partial charge on any atom is -0.494 e. The Kier molecular flexibility index (Phi) is 3.08.